The maximum atomic E-state index is 12.8. The zero-order valence-electron chi connectivity index (χ0n) is 13.3. The van der Waals surface area contributed by atoms with Gasteiger partial charge in [-0.3, -0.25) is 4.79 Å². The van der Waals surface area contributed by atoms with Crippen molar-refractivity contribution in [3.8, 4) is 5.75 Å². The highest BCUT2D eigenvalue weighted by Gasteiger charge is 2.31. The first kappa shape index (κ1) is 16.0. The van der Waals surface area contributed by atoms with Crippen LogP contribution in [0.1, 0.15) is 49.4 Å². The molecule has 0 saturated heterocycles. The van der Waals surface area contributed by atoms with Crippen molar-refractivity contribution >= 4 is 5.78 Å². The molecule has 0 spiro atoms. The Morgan fingerprint density at radius 1 is 1.14 bits per heavy atom. The molecular weight excluding hydrogens is 264 g/mol. The Kier molecular flexibility index (Phi) is 5.80. The largest absolute Gasteiger partial charge is 0.497 e. The molecule has 0 radical (unpaired) electrons. The molecule has 0 N–H and O–H groups in total. The van der Waals surface area contributed by atoms with Crippen LogP contribution in [0.4, 0.5) is 0 Å². The molecule has 0 aromatic heterocycles. The van der Waals surface area contributed by atoms with Crippen molar-refractivity contribution in [1.29, 1.82) is 0 Å². The monoisotopic (exact) mass is 290 g/mol. The second-order valence-corrected chi connectivity index (χ2v) is 5.88. The molecule has 1 atom stereocenters. The van der Waals surface area contributed by atoms with Gasteiger partial charge in [-0.15, -0.1) is 0 Å². The number of benzene rings is 1. The van der Waals surface area contributed by atoms with Gasteiger partial charge in [-0.1, -0.05) is 6.92 Å². The molecule has 0 heterocycles. The van der Waals surface area contributed by atoms with Crippen LogP contribution < -0.4 is 4.74 Å². The summed E-state index contributed by atoms with van der Waals surface area (Å²) in [4.78, 5) is 12.8. The van der Waals surface area contributed by atoms with Gasteiger partial charge < -0.3 is 9.47 Å². The van der Waals surface area contributed by atoms with Crippen LogP contribution in [0.15, 0.2) is 24.3 Å². The lowest BCUT2D eigenvalue weighted by molar-refractivity contribution is 0.0433. The smallest absolute Gasteiger partial charge is 0.166 e. The Bertz CT molecular complexity index is 444. The van der Waals surface area contributed by atoms with Gasteiger partial charge in [0, 0.05) is 18.6 Å². The maximum absolute atomic E-state index is 12.8. The normalized spacial score (nSPS) is 23.6. The van der Waals surface area contributed by atoms with Crippen LogP contribution in [0, 0.1) is 11.8 Å². The third kappa shape index (κ3) is 3.85. The van der Waals surface area contributed by atoms with Crippen molar-refractivity contribution in [2.45, 2.75) is 45.1 Å². The standard InChI is InChI=1S/C18H26O3/c1-4-17(13-5-9-15(20-2)10-6-13)18(19)14-7-11-16(21-3)12-8-14/h7-8,11-13,15,17H,4-6,9-10H2,1-3H3/t13?,15?,17-/m1/s1. The second-order valence-electron chi connectivity index (χ2n) is 5.88. The molecule has 0 unspecified atom stereocenters. The number of rotatable bonds is 6. The minimum Gasteiger partial charge on any atom is -0.497 e. The summed E-state index contributed by atoms with van der Waals surface area (Å²) in [7, 11) is 3.42. The summed E-state index contributed by atoms with van der Waals surface area (Å²) in [5, 5.41) is 0. The minimum absolute atomic E-state index is 0.135. The van der Waals surface area contributed by atoms with E-state index in [0.29, 0.717) is 12.0 Å². The molecule has 2 rings (SSSR count). The first-order valence-electron chi connectivity index (χ1n) is 7.90. The Morgan fingerprint density at radius 2 is 1.76 bits per heavy atom. The van der Waals surface area contributed by atoms with Gasteiger partial charge in [0.1, 0.15) is 5.75 Å². The third-order valence-electron chi connectivity index (χ3n) is 4.77. The van der Waals surface area contributed by atoms with E-state index in [2.05, 4.69) is 6.92 Å². The van der Waals surface area contributed by atoms with Crippen LogP contribution in [-0.2, 0) is 4.74 Å². The van der Waals surface area contributed by atoms with Crippen molar-refractivity contribution in [3.05, 3.63) is 29.8 Å². The first-order chi connectivity index (χ1) is 10.2. The van der Waals surface area contributed by atoms with Gasteiger partial charge in [-0.2, -0.15) is 0 Å². The van der Waals surface area contributed by atoms with E-state index in [9.17, 15) is 4.79 Å². The van der Waals surface area contributed by atoms with Crippen molar-refractivity contribution in [2.75, 3.05) is 14.2 Å². The molecule has 1 aliphatic carbocycles. The summed E-state index contributed by atoms with van der Waals surface area (Å²) < 4.78 is 10.6. The highest BCUT2D eigenvalue weighted by atomic mass is 16.5. The summed E-state index contributed by atoms with van der Waals surface area (Å²) in [6.45, 7) is 2.12. The Labute approximate surface area is 127 Å². The van der Waals surface area contributed by atoms with Crippen LogP contribution in [-0.4, -0.2) is 26.1 Å². The number of carbonyl (C=O) groups is 1. The SMILES string of the molecule is CC[C@@H](C(=O)c1ccc(OC)cc1)C1CCC(OC)CC1. The number of methoxy groups -OCH3 is 2. The predicted octanol–water partition coefficient (Wildman–Crippen LogP) is 4.11. The van der Waals surface area contributed by atoms with Gasteiger partial charge in [-0.05, 0) is 62.3 Å². The van der Waals surface area contributed by atoms with Gasteiger partial charge in [-0.25, -0.2) is 0 Å². The van der Waals surface area contributed by atoms with Crippen LogP contribution in [0.5, 0.6) is 5.75 Å². The highest BCUT2D eigenvalue weighted by molar-refractivity contribution is 5.98. The molecule has 1 fully saturated rings. The lowest BCUT2D eigenvalue weighted by Crippen LogP contribution is -2.29. The average molecular weight is 290 g/mol. The zero-order valence-corrected chi connectivity index (χ0v) is 13.3. The van der Waals surface area contributed by atoms with Gasteiger partial charge in [0.2, 0.25) is 0 Å². The van der Waals surface area contributed by atoms with Crippen molar-refractivity contribution in [1.82, 2.24) is 0 Å². The molecule has 0 bridgehead atoms. The van der Waals surface area contributed by atoms with Crippen LogP contribution >= 0.6 is 0 Å². The molecule has 0 amide bonds. The number of Topliss-reactive ketones (excluding diaryl/α,β-unsaturated/α-hetero) is 1. The lowest BCUT2D eigenvalue weighted by Gasteiger charge is -2.32. The van der Waals surface area contributed by atoms with Crippen molar-refractivity contribution in [2.24, 2.45) is 11.8 Å². The van der Waals surface area contributed by atoms with E-state index in [1.54, 1.807) is 14.2 Å². The first-order valence-corrected chi connectivity index (χ1v) is 7.90. The van der Waals surface area contributed by atoms with E-state index >= 15 is 0 Å². The van der Waals surface area contributed by atoms with Gasteiger partial charge in [0.15, 0.2) is 5.78 Å². The summed E-state index contributed by atoms with van der Waals surface area (Å²) in [6, 6.07) is 7.48. The summed E-state index contributed by atoms with van der Waals surface area (Å²) >= 11 is 0. The molecule has 1 saturated carbocycles. The van der Waals surface area contributed by atoms with E-state index in [1.807, 2.05) is 24.3 Å². The third-order valence-corrected chi connectivity index (χ3v) is 4.77. The fraction of sp³-hybridized carbons (Fsp3) is 0.611. The van der Waals surface area contributed by atoms with E-state index in [-0.39, 0.29) is 11.7 Å². The molecule has 3 heteroatoms. The van der Waals surface area contributed by atoms with E-state index < -0.39 is 0 Å². The Balaban J connectivity index is 2.04. The lowest BCUT2D eigenvalue weighted by atomic mass is 9.75. The molecule has 1 aromatic carbocycles. The van der Waals surface area contributed by atoms with E-state index in [1.165, 1.54) is 0 Å². The highest BCUT2D eigenvalue weighted by Crippen LogP contribution is 2.34. The number of carbonyl (C=O) groups excluding carboxylic acids is 1. The second kappa shape index (κ2) is 7.60. The summed E-state index contributed by atoms with van der Waals surface area (Å²) in [5.74, 6) is 1.70. The Morgan fingerprint density at radius 3 is 2.24 bits per heavy atom. The molecule has 3 nitrogen and oxygen atoms in total. The molecular formula is C18H26O3. The quantitative estimate of drug-likeness (QED) is 0.740. The molecule has 1 aliphatic rings. The Hall–Kier alpha value is -1.35. The number of hydrogen-bond donors (Lipinski definition) is 0. The van der Waals surface area contributed by atoms with Crippen LogP contribution in [0.2, 0.25) is 0 Å². The van der Waals surface area contributed by atoms with Crippen molar-refractivity contribution in [3.63, 3.8) is 0 Å². The molecule has 21 heavy (non-hydrogen) atoms. The van der Waals surface area contributed by atoms with Gasteiger partial charge in [0.05, 0.1) is 13.2 Å². The van der Waals surface area contributed by atoms with Gasteiger partial charge in [0.25, 0.3) is 0 Å². The fourth-order valence-corrected chi connectivity index (χ4v) is 3.43. The average Bonchev–Trinajstić information content (AvgIpc) is 2.56. The number of ether oxygens (including phenoxy) is 2. The number of hydrogen-bond acceptors (Lipinski definition) is 3. The minimum atomic E-state index is 0.135. The van der Waals surface area contributed by atoms with Crippen LogP contribution in [0.25, 0.3) is 0 Å². The fourth-order valence-electron chi connectivity index (χ4n) is 3.43. The molecule has 1 aromatic rings. The molecule has 116 valence electrons. The zero-order chi connectivity index (χ0) is 15.2. The van der Waals surface area contributed by atoms with Gasteiger partial charge >= 0.3 is 0 Å². The molecule has 0 aliphatic heterocycles. The van der Waals surface area contributed by atoms with Crippen molar-refractivity contribution < 1.29 is 14.3 Å². The van der Waals surface area contributed by atoms with E-state index in [4.69, 9.17) is 9.47 Å². The number of ketones is 1. The topological polar surface area (TPSA) is 35.5 Å². The summed E-state index contributed by atoms with van der Waals surface area (Å²) in [6.07, 6.45) is 5.64. The predicted molar refractivity (Wildman–Crippen MR) is 83.9 cm³/mol. The van der Waals surface area contributed by atoms with E-state index in [0.717, 1.165) is 43.4 Å². The van der Waals surface area contributed by atoms with Crippen LogP contribution in [0.3, 0.4) is 0 Å². The maximum Gasteiger partial charge on any atom is 0.166 e. The summed E-state index contributed by atoms with van der Waals surface area (Å²) in [5.41, 5.74) is 0.802.